The minimum atomic E-state index is -3.24. The number of hydrogen-bond donors (Lipinski definition) is 1. The summed E-state index contributed by atoms with van der Waals surface area (Å²) in [7, 11) is -3.24. The van der Waals surface area contributed by atoms with Crippen molar-refractivity contribution in [1.29, 1.82) is 0 Å². The van der Waals surface area contributed by atoms with Gasteiger partial charge in [-0.2, -0.15) is 0 Å². The summed E-state index contributed by atoms with van der Waals surface area (Å²) in [5.74, 6) is -0.445. The third kappa shape index (κ3) is 4.28. The number of hydrogen-bond acceptors (Lipinski definition) is 3. The average molecular weight is 449 g/mol. The summed E-state index contributed by atoms with van der Waals surface area (Å²) >= 11 is 0. The van der Waals surface area contributed by atoms with Crippen molar-refractivity contribution >= 4 is 37.6 Å². The maximum absolute atomic E-state index is 12.2. The van der Waals surface area contributed by atoms with Gasteiger partial charge in [-0.25, -0.2) is 8.42 Å². The molecule has 0 unspecified atom stereocenters. The summed E-state index contributed by atoms with van der Waals surface area (Å²) in [5.41, 5.74) is 10.4. The third-order valence-corrected chi connectivity index (χ3v) is 7.11. The first-order valence-corrected chi connectivity index (χ1v) is 12.8. The SMILES string of the molecule is CCCCCc1ccc2c3c(C(N)=O)cccc3n(Cc3ccc(S(C)(=O)=O)cc3)c2c1. The largest absolute Gasteiger partial charge is 0.366 e. The molecular formula is C26H28N2O3S. The molecule has 4 rings (SSSR count). The van der Waals surface area contributed by atoms with Gasteiger partial charge >= 0.3 is 0 Å². The number of unbranched alkanes of at least 4 members (excludes halogenated alkanes) is 2. The van der Waals surface area contributed by atoms with Gasteiger partial charge in [0, 0.05) is 34.7 Å². The van der Waals surface area contributed by atoms with Crippen molar-refractivity contribution in [2.45, 2.75) is 44.0 Å². The fourth-order valence-corrected chi connectivity index (χ4v) is 4.96. The molecule has 0 bridgehead atoms. The van der Waals surface area contributed by atoms with Gasteiger partial charge in [0.1, 0.15) is 0 Å². The number of rotatable bonds is 8. The molecule has 2 N–H and O–H groups in total. The van der Waals surface area contributed by atoms with Crippen LogP contribution >= 0.6 is 0 Å². The fraction of sp³-hybridized carbons (Fsp3) is 0.269. The topological polar surface area (TPSA) is 82.2 Å². The van der Waals surface area contributed by atoms with Crippen LogP contribution in [-0.2, 0) is 22.8 Å². The molecular weight excluding hydrogens is 420 g/mol. The molecule has 4 aromatic rings. The molecule has 32 heavy (non-hydrogen) atoms. The van der Waals surface area contributed by atoms with Gasteiger partial charge in [0.15, 0.2) is 9.84 Å². The molecule has 1 amide bonds. The molecule has 1 aromatic heterocycles. The van der Waals surface area contributed by atoms with Crippen LogP contribution in [0.3, 0.4) is 0 Å². The summed E-state index contributed by atoms with van der Waals surface area (Å²) in [6.07, 6.45) is 5.73. The van der Waals surface area contributed by atoms with Gasteiger partial charge in [-0.05, 0) is 54.3 Å². The Morgan fingerprint density at radius 1 is 0.938 bits per heavy atom. The lowest BCUT2D eigenvalue weighted by molar-refractivity contribution is 0.100. The lowest BCUT2D eigenvalue weighted by Crippen LogP contribution is -2.11. The Bertz CT molecular complexity index is 1400. The second kappa shape index (κ2) is 8.79. The van der Waals surface area contributed by atoms with Gasteiger partial charge in [0.05, 0.1) is 10.4 Å². The Kier molecular flexibility index (Phi) is 6.07. The number of carbonyl (C=O) groups is 1. The van der Waals surface area contributed by atoms with Crippen LogP contribution in [0.1, 0.15) is 47.7 Å². The molecule has 1 heterocycles. The quantitative estimate of drug-likeness (QED) is 0.382. The molecule has 0 aliphatic heterocycles. The monoisotopic (exact) mass is 448 g/mol. The van der Waals surface area contributed by atoms with Gasteiger partial charge in [0.25, 0.3) is 0 Å². The van der Waals surface area contributed by atoms with E-state index in [4.69, 9.17) is 5.73 Å². The van der Waals surface area contributed by atoms with Gasteiger partial charge in [-0.1, -0.05) is 50.1 Å². The molecule has 0 atom stereocenters. The Morgan fingerprint density at radius 3 is 2.31 bits per heavy atom. The maximum atomic E-state index is 12.2. The molecule has 0 saturated heterocycles. The number of carbonyl (C=O) groups excluding carboxylic acids is 1. The van der Waals surface area contributed by atoms with Crippen LogP contribution in [0.25, 0.3) is 21.8 Å². The van der Waals surface area contributed by atoms with E-state index in [1.54, 1.807) is 18.2 Å². The summed E-state index contributed by atoms with van der Waals surface area (Å²) < 4.78 is 25.8. The third-order valence-electron chi connectivity index (χ3n) is 5.98. The van der Waals surface area contributed by atoms with Crippen LogP contribution in [0.5, 0.6) is 0 Å². The molecule has 5 nitrogen and oxygen atoms in total. The van der Waals surface area contributed by atoms with E-state index in [9.17, 15) is 13.2 Å². The average Bonchev–Trinajstić information content (AvgIpc) is 3.07. The standard InChI is InChI=1S/C26H28N2O3S/c1-3-4-5-7-18-12-15-21-24(16-18)28(23-9-6-8-22(25(21)23)26(27)29)17-19-10-13-20(14-11-19)32(2,30)31/h6,8-16H,3-5,7,17H2,1-2H3,(H2,27,29). The fourth-order valence-electron chi connectivity index (χ4n) is 4.32. The van der Waals surface area contributed by atoms with E-state index in [1.165, 1.54) is 24.7 Å². The second-order valence-electron chi connectivity index (χ2n) is 8.37. The molecule has 6 heteroatoms. The van der Waals surface area contributed by atoms with E-state index in [1.807, 2.05) is 24.3 Å². The zero-order valence-corrected chi connectivity index (χ0v) is 19.3. The lowest BCUT2D eigenvalue weighted by atomic mass is 10.0. The summed E-state index contributed by atoms with van der Waals surface area (Å²) in [6.45, 7) is 2.76. The first-order chi connectivity index (χ1) is 15.3. The maximum Gasteiger partial charge on any atom is 0.249 e. The number of fused-ring (bicyclic) bond motifs is 3. The number of primary amides is 1. The highest BCUT2D eigenvalue weighted by Gasteiger charge is 2.17. The molecule has 0 radical (unpaired) electrons. The van der Waals surface area contributed by atoms with Crippen LogP contribution in [0.15, 0.2) is 65.6 Å². The zero-order chi connectivity index (χ0) is 22.9. The summed E-state index contributed by atoms with van der Waals surface area (Å²) in [4.78, 5) is 12.5. The Labute approximate surface area is 188 Å². The van der Waals surface area contributed by atoms with Crippen LogP contribution < -0.4 is 5.73 Å². The minimum absolute atomic E-state index is 0.303. The highest BCUT2D eigenvalue weighted by Crippen LogP contribution is 2.33. The minimum Gasteiger partial charge on any atom is -0.366 e. The molecule has 166 valence electrons. The number of sulfone groups is 1. The Morgan fingerprint density at radius 2 is 1.66 bits per heavy atom. The number of benzene rings is 3. The van der Waals surface area contributed by atoms with Gasteiger partial charge < -0.3 is 10.3 Å². The lowest BCUT2D eigenvalue weighted by Gasteiger charge is -2.10. The number of aryl methyl sites for hydroxylation is 1. The van der Waals surface area contributed by atoms with E-state index in [-0.39, 0.29) is 0 Å². The van der Waals surface area contributed by atoms with Crippen molar-refractivity contribution in [2.24, 2.45) is 5.73 Å². The second-order valence-corrected chi connectivity index (χ2v) is 10.4. The van der Waals surface area contributed by atoms with E-state index in [0.717, 1.165) is 40.2 Å². The first-order valence-electron chi connectivity index (χ1n) is 10.9. The highest BCUT2D eigenvalue weighted by atomic mass is 32.2. The predicted octanol–water partition coefficient (Wildman–Crippen LogP) is 5.08. The van der Waals surface area contributed by atoms with Gasteiger partial charge in [-0.3, -0.25) is 4.79 Å². The van der Waals surface area contributed by atoms with Crippen LogP contribution in [0.2, 0.25) is 0 Å². The van der Waals surface area contributed by atoms with Gasteiger partial charge in [-0.15, -0.1) is 0 Å². The number of aromatic nitrogens is 1. The van der Waals surface area contributed by atoms with E-state index in [0.29, 0.717) is 17.0 Å². The summed E-state index contributed by atoms with van der Waals surface area (Å²) in [6, 6.07) is 19.0. The van der Waals surface area contributed by atoms with Crippen molar-refractivity contribution in [3.63, 3.8) is 0 Å². The van der Waals surface area contributed by atoms with E-state index < -0.39 is 15.7 Å². The number of nitrogens with two attached hydrogens (primary N) is 1. The van der Waals surface area contributed by atoms with Crippen molar-refractivity contribution in [2.75, 3.05) is 6.26 Å². The highest BCUT2D eigenvalue weighted by molar-refractivity contribution is 7.90. The smallest absolute Gasteiger partial charge is 0.249 e. The zero-order valence-electron chi connectivity index (χ0n) is 18.5. The molecule has 0 fully saturated rings. The molecule has 0 aliphatic rings. The molecule has 3 aromatic carbocycles. The van der Waals surface area contributed by atoms with Crippen LogP contribution in [-0.4, -0.2) is 25.1 Å². The van der Waals surface area contributed by atoms with Crippen LogP contribution in [0.4, 0.5) is 0 Å². The number of amides is 1. The van der Waals surface area contributed by atoms with Crippen molar-refractivity contribution in [1.82, 2.24) is 4.57 Å². The predicted molar refractivity (Wildman–Crippen MR) is 130 cm³/mol. The van der Waals surface area contributed by atoms with E-state index >= 15 is 0 Å². The van der Waals surface area contributed by atoms with Crippen molar-refractivity contribution in [3.8, 4) is 0 Å². The Balaban J connectivity index is 1.87. The number of nitrogens with zero attached hydrogens (tertiary/aromatic N) is 1. The van der Waals surface area contributed by atoms with Gasteiger partial charge in [0.2, 0.25) is 5.91 Å². The Hall–Kier alpha value is -3.12. The summed E-state index contributed by atoms with van der Waals surface area (Å²) in [5, 5.41) is 1.87. The first kappa shape index (κ1) is 22.1. The molecule has 0 aliphatic carbocycles. The molecule has 0 spiro atoms. The van der Waals surface area contributed by atoms with Crippen molar-refractivity contribution in [3.05, 3.63) is 77.4 Å². The van der Waals surface area contributed by atoms with E-state index in [2.05, 4.69) is 29.7 Å². The molecule has 0 saturated carbocycles. The normalized spacial score (nSPS) is 11.9. The van der Waals surface area contributed by atoms with Crippen molar-refractivity contribution < 1.29 is 13.2 Å². The van der Waals surface area contributed by atoms with Crippen LogP contribution in [0, 0.1) is 0 Å².